The Bertz CT molecular complexity index is 1070. The molecule has 3 fully saturated rings. The Balaban J connectivity index is 1.53. The normalized spacial score (nSPS) is 28.1. The first-order valence-electron chi connectivity index (χ1n) is 14.2. The van der Waals surface area contributed by atoms with Gasteiger partial charge in [0.05, 0.1) is 12.7 Å². The van der Waals surface area contributed by atoms with Crippen LogP contribution in [0.1, 0.15) is 68.3 Å². The maximum Gasteiger partial charge on any atom is 0.254 e. The zero-order valence-electron chi connectivity index (χ0n) is 23.1. The van der Waals surface area contributed by atoms with Gasteiger partial charge in [-0.05, 0) is 86.7 Å². The molecule has 0 radical (unpaired) electrons. The lowest BCUT2D eigenvalue weighted by Crippen LogP contribution is -2.68. The molecular formula is C32H44N2O3. The lowest BCUT2D eigenvalue weighted by molar-refractivity contribution is -0.155. The number of hydrogen-bond donors (Lipinski definition) is 0. The summed E-state index contributed by atoms with van der Waals surface area (Å²) in [6.45, 7) is 8.40. The van der Waals surface area contributed by atoms with Crippen molar-refractivity contribution in [2.24, 2.45) is 11.8 Å². The van der Waals surface area contributed by atoms with Crippen LogP contribution in [0, 0.1) is 11.8 Å². The average Bonchev–Trinajstić information content (AvgIpc) is 3.75. The summed E-state index contributed by atoms with van der Waals surface area (Å²) >= 11 is 0. The molecule has 1 heterocycles. The number of amides is 1. The highest BCUT2D eigenvalue weighted by atomic mass is 16.5. The fourth-order valence-electron chi connectivity index (χ4n) is 7.11. The molecule has 3 aliphatic rings. The molecule has 0 bridgehead atoms. The van der Waals surface area contributed by atoms with Crippen LogP contribution in [0.15, 0.2) is 54.6 Å². The monoisotopic (exact) mass is 504 g/mol. The molecule has 37 heavy (non-hydrogen) atoms. The number of rotatable bonds is 9. The maximum absolute atomic E-state index is 13.9. The molecular weight excluding hydrogens is 460 g/mol. The summed E-state index contributed by atoms with van der Waals surface area (Å²) in [5.74, 6) is 2.30. The number of nitrogens with zero attached hydrogens (tertiary/aromatic N) is 2. The van der Waals surface area contributed by atoms with Crippen LogP contribution < -0.4 is 4.74 Å². The molecule has 2 unspecified atom stereocenters. The molecule has 200 valence electrons. The smallest absolute Gasteiger partial charge is 0.254 e. The van der Waals surface area contributed by atoms with E-state index in [1.807, 2.05) is 43.5 Å². The molecule has 0 spiro atoms. The molecule has 1 saturated heterocycles. The molecule has 5 rings (SSSR count). The van der Waals surface area contributed by atoms with Crippen molar-refractivity contribution in [1.29, 1.82) is 0 Å². The minimum atomic E-state index is -0.275. The van der Waals surface area contributed by atoms with Crippen LogP contribution in [0.4, 0.5) is 0 Å². The summed E-state index contributed by atoms with van der Waals surface area (Å²) in [4.78, 5) is 18.7. The zero-order valence-corrected chi connectivity index (χ0v) is 23.1. The van der Waals surface area contributed by atoms with Gasteiger partial charge in [0.1, 0.15) is 5.75 Å². The molecule has 2 saturated carbocycles. The average molecular weight is 505 g/mol. The van der Waals surface area contributed by atoms with E-state index in [1.165, 1.54) is 24.9 Å². The molecule has 0 N–H and O–H groups in total. The Labute approximate surface area is 223 Å². The van der Waals surface area contributed by atoms with E-state index in [-0.39, 0.29) is 23.0 Å². The SMILES string of the molecule is COc1cccc(C23CCN(CC4CC4)CC2(OC)CC[C@@H](N(CC(C)C)C(=O)c2ccccc2)C3)c1. The van der Waals surface area contributed by atoms with Crippen LogP contribution in [0.2, 0.25) is 0 Å². The van der Waals surface area contributed by atoms with E-state index in [0.29, 0.717) is 5.92 Å². The number of benzene rings is 2. The summed E-state index contributed by atoms with van der Waals surface area (Å²) in [6, 6.07) is 18.6. The first-order chi connectivity index (χ1) is 17.9. The van der Waals surface area contributed by atoms with E-state index in [1.54, 1.807) is 7.11 Å². The molecule has 2 aromatic carbocycles. The lowest BCUT2D eigenvalue weighted by Gasteiger charge is -2.61. The second-order valence-electron chi connectivity index (χ2n) is 12.1. The van der Waals surface area contributed by atoms with Crippen LogP contribution in [0.3, 0.4) is 0 Å². The number of fused-ring (bicyclic) bond motifs is 1. The van der Waals surface area contributed by atoms with Crippen molar-refractivity contribution < 1.29 is 14.3 Å². The Morgan fingerprint density at radius 1 is 1.05 bits per heavy atom. The van der Waals surface area contributed by atoms with E-state index in [9.17, 15) is 4.79 Å². The third kappa shape index (κ3) is 5.18. The van der Waals surface area contributed by atoms with Gasteiger partial charge < -0.3 is 19.3 Å². The van der Waals surface area contributed by atoms with E-state index in [0.717, 1.165) is 62.5 Å². The van der Waals surface area contributed by atoms with Gasteiger partial charge in [-0.2, -0.15) is 0 Å². The number of piperidine rings is 1. The van der Waals surface area contributed by atoms with Crippen LogP contribution >= 0.6 is 0 Å². The Morgan fingerprint density at radius 2 is 1.84 bits per heavy atom. The van der Waals surface area contributed by atoms with Crippen molar-refractivity contribution in [2.45, 2.75) is 69.4 Å². The molecule has 3 atom stereocenters. The van der Waals surface area contributed by atoms with Crippen molar-refractivity contribution in [1.82, 2.24) is 9.80 Å². The zero-order chi connectivity index (χ0) is 26.0. The van der Waals surface area contributed by atoms with Gasteiger partial charge in [-0.15, -0.1) is 0 Å². The number of ether oxygens (including phenoxy) is 2. The molecule has 5 heteroatoms. The van der Waals surface area contributed by atoms with Crippen molar-refractivity contribution in [2.75, 3.05) is 40.4 Å². The van der Waals surface area contributed by atoms with Crippen molar-refractivity contribution in [3.63, 3.8) is 0 Å². The molecule has 2 aliphatic carbocycles. The number of carbonyl (C=O) groups is 1. The minimum absolute atomic E-state index is 0.149. The van der Waals surface area contributed by atoms with Crippen molar-refractivity contribution in [3.05, 3.63) is 65.7 Å². The fraction of sp³-hybridized carbons (Fsp3) is 0.594. The van der Waals surface area contributed by atoms with Crippen LogP contribution in [0.5, 0.6) is 5.75 Å². The van der Waals surface area contributed by atoms with Gasteiger partial charge in [0, 0.05) is 43.8 Å². The second-order valence-corrected chi connectivity index (χ2v) is 12.1. The van der Waals surface area contributed by atoms with Crippen molar-refractivity contribution in [3.8, 4) is 5.75 Å². The van der Waals surface area contributed by atoms with Gasteiger partial charge in [0.15, 0.2) is 0 Å². The highest BCUT2D eigenvalue weighted by Gasteiger charge is 2.60. The summed E-state index contributed by atoms with van der Waals surface area (Å²) in [5.41, 5.74) is 1.62. The predicted octanol–water partition coefficient (Wildman–Crippen LogP) is 5.78. The van der Waals surface area contributed by atoms with E-state index in [4.69, 9.17) is 9.47 Å². The maximum atomic E-state index is 13.9. The van der Waals surface area contributed by atoms with Gasteiger partial charge in [-0.25, -0.2) is 0 Å². The van der Waals surface area contributed by atoms with Gasteiger partial charge in [-0.1, -0.05) is 44.2 Å². The number of carbonyl (C=O) groups excluding carboxylic acids is 1. The topological polar surface area (TPSA) is 42.0 Å². The summed E-state index contributed by atoms with van der Waals surface area (Å²) < 4.78 is 12.3. The lowest BCUT2D eigenvalue weighted by atomic mass is 9.54. The first kappa shape index (κ1) is 26.2. The Kier molecular flexibility index (Phi) is 7.65. The van der Waals surface area contributed by atoms with E-state index < -0.39 is 0 Å². The molecule has 2 aromatic rings. The molecule has 5 nitrogen and oxygen atoms in total. The van der Waals surface area contributed by atoms with Gasteiger partial charge >= 0.3 is 0 Å². The summed E-state index contributed by atoms with van der Waals surface area (Å²) in [6.07, 6.45) is 6.59. The number of likely N-dealkylation sites (tertiary alicyclic amines) is 1. The first-order valence-corrected chi connectivity index (χ1v) is 14.2. The molecule has 1 amide bonds. The highest BCUT2D eigenvalue weighted by molar-refractivity contribution is 5.94. The Morgan fingerprint density at radius 3 is 2.51 bits per heavy atom. The summed E-state index contributed by atoms with van der Waals surface area (Å²) in [5, 5.41) is 0. The van der Waals surface area contributed by atoms with Crippen molar-refractivity contribution >= 4 is 5.91 Å². The standard InChI is InChI=1S/C32H44N2O3/c1-24(2)21-34(30(35)26-9-6-5-7-10-26)28-15-16-32(37-4)23-33(22-25-13-14-25)18-17-31(32,20-28)27-11-8-12-29(19-27)36-3/h5-12,19,24-25,28H,13-18,20-23H2,1-4H3/t28-,31?,32?/m1/s1. The Hall–Kier alpha value is -2.37. The van der Waals surface area contributed by atoms with E-state index >= 15 is 0 Å². The van der Waals surface area contributed by atoms with E-state index in [2.05, 4.69) is 41.8 Å². The fourth-order valence-corrected chi connectivity index (χ4v) is 7.11. The molecule has 0 aromatic heterocycles. The van der Waals surface area contributed by atoms with Gasteiger partial charge in [-0.3, -0.25) is 4.79 Å². The van der Waals surface area contributed by atoms with Crippen LogP contribution in [-0.4, -0.2) is 67.7 Å². The quantitative estimate of drug-likeness (QED) is 0.434. The molecule has 1 aliphatic heterocycles. The van der Waals surface area contributed by atoms with Gasteiger partial charge in [0.2, 0.25) is 0 Å². The predicted molar refractivity (Wildman–Crippen MR) is 148 cm³/mol. The second kappa shape index (κ2) is 10.8. The number of methoxy groups -OCH3 is 2. The van der Waals surface area contributed by atoms with Crippen LogP contribution in [0.25, 0.3) is 0 Å². The minimum Gasteiger partial charge on any atom is -0.497 e. The third-order valence-electron chi connectivity index (χ3n) is 9.18. The third-order valence-corrected chi connectivity index (χ3v) is 9.18. The van der Waals surface area contributed by atoms with Gasteiger partial charge in [0.25, 0.3) is 5.91 Å². The highest BCUT2D eigenvalue weighted by Crippen LogP contribution is 2.55. The number of hydrogen-bond acceptors (Lipinski definition) is 4. The summed E-state index contributed by atoms with van der Waals surface area (Å²) in [7, 11) is 3.65. The largest absolute Gasteiger partial charge is 0.497 e. The van der Waals surface area contributed by atoms with Crippen LogP contribution in [-0.2, 0) is 10.2 Å².